The molecule has 0 aromatic carbocycles. The van der Waals surface area contributed by atoms with E-state index >= 15 is 0 Å². The molecule has 2 aromatic heterocycles. The molecule has 8 heteroatoms. The van der Waals surface area contributed by atoms with Crippen LogP contribution in [0.15, 0.2) is 15.3 Å². The fraction of sp³-hybridized carbons (Fsp3) is 0.556. The summed E-state index contributed by atoms with van der Waals surface area (Å²) in [6, 6.07) is 0.404. The Morgan fingerprint density at radius 2 is 2.29 bits per heavy atom. The van der Waals surface area contributed by atoms with Gasteiger partial charge < -0.3 is 19.6 Å². The first kappa shape index (κ1) is 11.5. The van der Waals surface area contributed by atoms with Crippen LogP contribution in [0.25, 0.3) is 0 Å². The van der Waals surface area contributed by atoms with E-state index in [9.17, 15) is 0 Å². The van der Waals surface area contributed by atoms with E-state index in [1.54, 1.807) is 0 Å². The summed E-state index contributed by atoms with van der Waals surface area (Å²) in [6.07, 6.45) is 1.94. The average Bonchev–Trinajstić information content (AvgIpc) is 2.98. The average molecular weight is 238 g/mol. The van der Waals surface area contributed by atoms with Crippen LogP contribution in [0.1, 0.15) is 18.6 Å². The van der Waals surface area contributed by atoms with E-state index in [1.807, 2.05) is 6.92 Å². The van der Waals surface area contributed by atoms with Gasteiger partial charge in [0.1, 0.15) is 0 Å². The molecule has 0 aliphatic heterocycles. The SMILES string of the molecule is CCNCc1nnc(NCCc2ncon2)o1. The molecule has 17 heavy (non-hydrogen) atoms. The van der Waals surface area contributed by atoms with Gasteiger partial charge in [0.05, 0.1) is 6.54 Å². The third-order valence-electron chi connectivity index (χ3n) is 2.02. The van der Waals surface area contributed by atoms with Gasteiger partial charge in [-0.15, -0.1) is 5.10 Å². The summed E-state index contributed by atoms with van der Waals surface area (Å²) in [5, 5.41) is 17.5. The van der Waals surface area contributed by atoms with E-state index in [2.05, 4.69) is 35.5 Å². The standard InChI is InChI=1S/C9H14N6O2/c1-2-10-5-8-13-14-9(17-8)11-4-3-7-12-6-16-15-7/h6,10H,2-5H2,1H3,(H,11,14). The highest BCUT2D eigenvalue weighted by Crippen LogP contribution is 2.04. The zero-order valence-electron chi connectivity index (χ0n) is 9.51. The monoisotopic (exact) mass is 238 g/mol. The Kier molecular flexibility index (Phi) is 4.03. The van der Waals surface area contributed by atoms with Crippen molar-refractivity contribution in [3.63, 3.8) is 0 Å². The van der Waals surface area contributed by atoms with Gasteiger partial charge in [-0.1, -0.05) is 17.2 Å². The van der Waals surface area contributed by atoms with Crippen molar-refractivity contribution in [2.75, 3.05) is 18.4 Å². The Labute approximate surface area is 97.8 Å². The van der Waals surface area contributed by atoms with Gasteiger partial charge >= 0.3 is 6.01 Å². The molecule has 0 saturated carbocycles. The first-order valence-corrected chi connectivity index (χ1v) is 5.40. The molecule has 0 saturated heterocycles. The Balaban J connectivity index is 1.73. The smallest absolute Gasteiger partial charge is 0.315 e. The van der Waals surface area contributed by atoms with Crippen LogP contribution in [0.4, 0.5) is 6.01 Å². The molecule has 2 N–H and O–H groups in total. The van der Waals surface area contributed by atoms with Crippen molar-refractivity contribution in [1.82, 2.24) is 25.7 Å². The molecular formula is C9H14N6O2. The highest BCUT2D eigenvalue weighted by atomic mass is 16.5. The van der Waals surface area contributed by atoms with Crippen LogP contribution in [-0.4, -0.2) is 33.4 Å². The minimum absolute atomic E-state index is 0.404. The van der Waals surface area contributed by atoms with E-state index in [0.29, 0.717) is 37.2 Å². The van der Waals surface area contributed by atoms with Crippen molar-refractivity contribution in [3.05, 3.63) is 18.1 Å². The molecule has 0 amide bonds. The number of nitrogens with zero attached hydrogens (tertiary/aromatic N) is 4. The van der Waals surface area contributed by atoms with Crippen LogP contribution in [0.3, 0.4) is 0 Å². The number of nitrogens with one attached hydrogen (secondary N) is 2. The van der Waals surface area contributed by atoms with Crippen molar-refractivity contribution in [1.29, 1.82) is 0 Å². The Hall–Kier alpha value is -1.96. The van der Waals surface area contributed by atoms with E-state index in [4.69, 9.17) is 4.42 Å². The van der Waals surface area contributed by atoms with Crippen LogP contribution in [0, 0.1) is 0 Å². The molecule has 0 bridgehead atoms. The molecule has 0 unspecified atom stereocenters. The number of hydrogen-bond donors (Lipinski definition) is 2. The van der Waals surface area contributed by atoms with Crippen molar-refractivity contribution >= 4 is 6.01 Å². The minimum Gasteiger partial charge on any atom is -0.407 e. The lowest BCUT2D eigenvalue weighted by Gasteiger charge is -1.97. The summed E-state index contributed by atoms with van der Waals surface area (Å²) in [6.45, 7) is 4.07. The van der Waals surface area contributed by atoms with Crippen LogP contribution in [0.5, 0.6) is 0 Å². The number of anilines is 1. The quantitative estimate of drug-likeness (QED) is 0.706. The number of rotatable bonds is 7. The summed E-state index contributed by atoms with van der Waals surface area (Å²) in [7, 11) is 0. The van der Waals surface area contributed by atoms with Gasteiger partial charge in [-0.3, -0.25) is 0 Å². The lowest BCUT2D eigenvalue weighted by atomic mass is 10.4. The molecule has 2 heterocycles. The minimum atomic E-state index is 0.404. The fourth-order valence-electron chi connectivity index (χ4n) is 1.21. The zero-order chi connectivity index (χ0) is 11.9. The van der Waals surface area contributed by atoms with Gasteiger partial charge in [-0.2, -0.15) is 4.98 Å². The maximum Gasteiger partial charge on any atom is 0.315 e. The molecule has 0 atom stereocenters. The molecule has 92 valence electrons. The first-order chi connectivity index (χ1) is 8.38. The van der Waals surface area contributed by atoms with Crippen molar-refractivity contribution in [2.24, 2.45) is 0 Å². The summed E-state index contributed by atoms with van der Waals surface area (Å²) in [5.74, 6) is 1.21. The second-order valence-corrected chi connectivity index (χ2v) is 3.31. The third kappa shape index (κ3) is 3.52. The fourth-order valence-corrected chi connectivity index (χ4v) is 1.21. The molecule has 0 radical (unpaired) electrons. The Morgan fingerprint density at radius 3 is 3.06 bits per heavy atom. The Bertz CT molecular complexity index is 426. The van der Waals surface area contributed by atoms with Crippen LogP contribution in [-0.2, 0) is 13.0 Å². The lowest BCUT2D eigenvalue weighted by Crippen LogP contribution is -2.11. The maximum atomic E-state index is 5.35. The normalized spacial score (nSPS) is 10.6. The van der Waals surface area contributed by atoms with E-state index in [1.165, 1.54) is 6.39 Å². The second-order valence-electron chi connectivity index (χ2n) is 3.31. The largest absolute Gasteiger partial charge is 0.407 e. The van der Waals surface area contributed by atoms with Gasteiger partial charge in [-0.25, -0.2) is 0 Å². The first-order valence-electron chi connectivity index (χ1n) is 5.40. The second kappa shape index (κ2) is 5.94. The van der Waals surface area contributed by atoms with E-state index < -0.39 is 0 Å². The molecule has 0 aliphatic carbocycles. The summed E-state index contributed by atoms with van der Waals surface area (Å²) in [5.41, 5.74) is 0. The third-order valence-corrected chi connectivity index (χ3v) is 2.02. The molecule has 2 rings (SSSR count). The molecule has 8 nitrogen and oxygen atoms in total. The van der Waals surface area contributed by atoms with Gasteiger partial charge in [-0.05, 0) is 6.54 Å². The highest BCUT2D eigenvalue weighted by molar-refractivity contribution is 5.16. The van der Waals surface area contributed by atoms with Crippen molar-refractivity contribution in [2.45, 2.75) is 19.9 Å². The van der Waals surface area contributed by atoms with Crippen LogP contribution in [0.2, 0.25) is 0 Å². The number of hydrogen-bond acceptors (Lipinski definition) is 8. The van der Waals surface area contributed by atoms with Crippen LogP contribution >= 0.6 is 0 Å². The predicted octanol–water partition coefficient (Wildman–Crippen LogP) is 0.217. The van der Waals surface area contributed by atoms with Gasteiger partial charge in [0.25, 0.3) is 0 Å². The molecule has 0 spiro atoms. The van der Waals surface area contributed by atoms with Gasteiger partial charge in [0, 0.05) is 13.0 Å². The van der Waals surface area contributed by atoms with E-state index in [-0.39, 0.29) is 0 Å². The van der Waals surface area contributed by atoms with Crippen LogP contribution < -0.4 is 10.6 Å². The predicted molar refractivity (Wildman–Crippen MR) is 58.2 cm³/mol. The van der Waals surface area contributed by atoms with Gasteiger partial charge in [0.15, 0.2) is 5.82 Å². The van der Waals surface area contributed by atoms with Gasteiger partial charge in [0.2, 0.25) is 12.3 Å². The van der Waals surface area contributed by atoms with Crippen molar-refractivity contribution < 1.29 is 8.94 Å². The van der Waals surface area contributed by atoms with Crippen molar-refractivity contribution in [3.8, 4) is 0 Å². The zero-order valence-corrected chi connectivity index (χ0v) is 9.51. The molecule has 0 fully saturated rings. The maximum absolute atomic E-state index is 5.35. The highest BCUT2D eigenvalue weighted by Gasteiger charge is 2.05. The molecule has 2 aromatic rings. The summed E-state index contributed by atoms with van der Waals surface area (Å²) < 4.78 is 9.96. The summed E-state index contributed by atoms with van der Waals surface area (Å²) >= 11 is 0. The Morgan fingerprint density at radius 1 is 1.35 bits per heavy atom. The summed E-state index contributed by atoms with van der Waals surface area (Å²) in [4.78, 5) is 3.90. The molecule has 0 aliphatic rings. The topological polar surface area (TPSA) is 102 Å². The molecular weight excluding hydrogens is 224 g/mol. The van der Waals surface area contributed by atoms with E-state index in [0.717, 1.165) is 6.54 Å². The number of aromatic nitrogens is 4. The lowest BCUT2D eigenvalue weighted by molar-refractivity contribution is 0.410.